The molecule has 8 nitrogen and oxygen atoms in total. The van der Waals surface area contributed by atoms with E-state index < -0.39 is 11.9 Å². The monoisotopic (exact) mass is 426 g/mol. The molecule has 0 aromatic carbocycles. The number of fused-ring (bicyclic) bond motifs is 6. The first-order chi connectivity index (χ1) is 14.4. The van der Waals surface area contributed by atoms with Crippen LogP contribution in [0.5, 0.6) is 0 Å². The normalized spacial score (nSPS) is 35.4. The van der Waals surface area contributed by atoms with Crippen LogP contribution in [-0.2, 0) is 6.18 Å². The zero-order valence-corrected chi connectivity index (χ0v) is 17.0. The molecule has 6 fully saturated rings. The second-order valence-electron chi connectivity index (χ2n) is 8.70. The second-order valence-corrected chi connectivity index (χ2v) is 8.70. The number of alkyl halides is 3. The Morgan fingerprint density at radius 1 is 0.800 bits per heavy atom. The van der Waals surface area contributed by atoms with E-state index in [9.17, 15) is 13.2 Å². The summed E-state index contributed by atoms with van der Waals surface area (Å²) in [5, 5.41) is 6.21. The van der Waals surface area contributed by atoms with E-state index in [4.69, 9.17) is 0 Å². The van der Waals surface area contributed by atoms with Gasteiger partial charge in [0.05, 0.1) is 0 Å². The Balaban J connectivity index is 1.25. The molecule has 6 aliphatic heterocycles. The number of hydrogen-bond acceptors (Lipinski definition) is 8. The Bertz CT molecular complexity index is 692. The van der Waals surface area contributed by atoms with E-state index in [0.29, 0.717) is 19.1 Å². The van der Waals surface area contributed by atoms with Gasteiger partial charge in [-0.15, -0.1) is 0 Å². The third-order valence-electron chi connectivity index (χ3n) is 6.82. The maximum absolute atomic E-state index is 13.4. The lowest BCUT2D eigenvalue weighted by atomic mass is 10.1. The average molecular weight is 426 g/mol. The summed E-state index contributed by atoms with van der Waals surface area (Å²) in [6.45, 7) is 11.4. The van der Waals surface area contributed by atoms with Crippen molar-refractivity contribution in [2.24, 2.45) is 0 Å². The van der Waals surface area contributed by atoms with Gasteiger partial charge in [-0.1, -0.05) is 0 Å². The molecule has 6 saturated heterocycles. The molecule has 1 aromatic heterocycles. The molecule has 2 unspecified atom stereocenters. The molecule has 0 radical (unpaired) electrons. The molecule has 166 valence electrons. The number of nitrogens with zero attached hydrogens (tertiary/aromatic N) is 6. The van der Waals surface area contributed by atoms with Crippen molar-refractivity contribution in [1.82, 2.24) is 29.6 Å². The van der Waals surface area contributed by atoms with E-state index in [1.54, 1.807) is 0 Å². The summed E-state index contributed by atoms with van der Waals surface area (Å²) >= 11 is 0. The lowest BCUT2D eigenvalue weighted by Crippen LogP contribution is -2.62. The third kappa shape index (κ3) is 4.34. The van der Waals surface area contributed by atoms with Gasteiger partial charge in [0.1, 0.15) is 5.82 Å². The van der Waals surface area contributed by atoms with Gasteiger partial charge in [-0.3, -0.25) is 19.6 Å². The van der Waals surface area contributed by atoms with Crippen molar-refractivity contribution in [1.29, 1.82) is 0 Å². The molecule has 0 amide bonds. The van der Waals surface area contributed by atoms with Crippen LogP contribution in [0.25, 0.3) is 0 Å². The van der Waals surface area contributed by atoms with Gasteiger partial charge in [-0.25, -0.2) is 4.98 Å². The molecule has 7 heterocycles. The maximum atomic E-state index is 13.4. The molecular weight excluding hydrogens is 397 g/mol. The minimum Gasteiger partial charge on any atom is -0.368 e. The Morgan fingerprint density at radius 2 is 1.33 bits per heavy atom. The van der Waals surface area contributed by atoms with Crippen LogP contribution < -0.4 is 10.6 Å². The molecule has 0 aliphatic carbocycles. The van der Waals surface area contributed by atoms with Crippen LogP contribution in [0.3, 0.4) is 0 Å². The Labute approximate surface area is 174 Å². The van der Waals surface area contributed by atoms with Gasteiger partial charge in [0, 0.05) is 96.7 Å². The first kappa shape index (κ1) is 20.2. The molecule has 0 saturated carbocycles. The van der Waals surface area contributed by atoms with Crippen LogP contribution in [0.1, 0.15) is 5.69 Å². The zero-order chi connectivity index (χ0) is 20.7. The topological polar surface area (TPSA) is 62.8 Å². The Kier molecular flexibility index (Phi) is 5.46. The zero-order valence-electron chi connectivity index (χ0n) is 17.0. The molecule has 30 heavy (non-hydrogen) atoms. The van der Waals surface area contributed by atoms with Crippen molar-refractivity contribution in [2.45, 2.75) is 18.3 Å². The molecule has 1 aromatic rings. The number of rotatable bonds is 6. The van der Waals surface area contributed by atoms with Gasteiger partial charge in [0.25, 0.3) is 0 Å². The molecular formula is C19H29F3N8. The molecule has 0 spiro atoms. The fourth-order valence-corrected chi connectivity index (χ4v) is 5.03. The summed E-state index contributed by atoms with van der Waals surface area (Å²) in [5.41, 5.74) is -0.911. The van der Waals surface area contributed by atoms with Crippen molar-refractivity contribution in [3.05, 3.63) is 11.8 Å². The minimum atomic E-state index is -4.51. The highest BCUT2D eigenvalue weighted by Crippen LogP contribution is 2.30. The van der Waals surface area contributed by atoms with Crippen LogP contribution >= 0.6 is 0 Å². The van der Waals surface area contributed by atoms with E-state index in [-0.39, 0.29) is 17.8 Å². The third-order valence-corrected chi connectivity index (χ3v) is 6.82. The van der Waals surface area contributed by atoms with Gasteiger partial charge in [0.2, 0.25) is 5.95 Å². The largest absolute Gasteiger partial charge is 0.433 e. The Hall–Kier alpha value is -1.69. The van der Waals surface area contributed by atoms with Gasteiger partial charge >= 0.3 is 6.18 Å². The summed E-state index contributed by atoms with van der Waals surface area (Å²) in [5.74, 6) is 0.269. The number of nitrogens with one attached hydrogen (secondary N) is 2. The summed E-state index contributed by atoms with van der Waals surface area (Å²) in [6, 6.07) is 1.59. The first-order valence-electron chi connectivity index (χ1n) is 10.8. The fourth-order valence-electron chi connectivity index (χ4n) is 5.03. The fraction of sp³-hybridized carbons (Fsp3) is 0.789. The highest BCUT2D eigenvalue weighted by atomic mass is 19.4. The standard InChI is InChI=1S/C19H29F3N8/c20-19(21,22)16-9-17(23-10-14-12-27-1-5-29(14)6-2-27)26-18(25-16)24-11-15-13-28-3-7-30(15)8-4-28/h9,14-15H,1-8,10-13H2,(H2,23,24,25,26). The van der Waals surface area contributed by atoms with Crippen LogP contribution in [0.4, 0.5) is 24.9 Å². The first-order valence-corrected chi connectivity index (χ1v) is 10.8. The SMILES string of the molecule is FC(F)(F)c1cc(NCC2CN3CCN2CC3)nc(NCC2CN3CCN2CC3)n1. The van der Waals surface area contributed by atoms with E-state index in [0.717, 1.165) is 71.5 Å². The van der Waals surface area contributed by atoms with Crippen molar-refractivity contribution in [2.75, 3.05) is 89.2 Å². The van der Waals surface area contributed by atoms with Crippen LogP contribution in [-0.4, -0.2) is 120 Å². The molecule has 2 atom stereocenters. The van der Waals surface area contributed by atoms with E-state index in [2.05, 4.69) is 40.2 Å². The summed E-state index contributed by atoms with van der Waals surface area (Å²) in [7, 11) is 0. The number of piperazine rings is 6. The smallest absolute Gasteiger partial charge is 0.368 e. The predicted molar refractivity (Wildman–Crippen MR) is 108 cm³/mol. The Morgan fingerprint density at radius 3 is 1.80 bits per heavy atom. The molecule has 2 N–H and O–H groups in total. The second kappa shape index (κ2) is 8.10. The molecule has 6 aliphatic rings. The van der Waals surface area contributed by atoms with Gasteiger partial charge in [-0.05, 0) is 0 Å². The predicted octanol–water partition coefficient (Wildman–Crippen LogP) is 0.319. The highest BCUT2D eigenvalue weighted by molar-refractivity contribution is 5.43. The van der Waals surface area contributed by atoms with Crippen molar-refractivity contribution in [3.8, 4) is 0 Å². The van der Waals surface area contributed by atoms with E-state index in [1.807, 2.05) is 0 Å². The number of aromatic nitrogens is 2. The highest BCUT2D eigenvalue weighted by Gasteiger charge is 2.35. The van der Waals surface area contributed by atoms with Crippen molar-refractivity contribution < 1.29 is 13.2 Å². The van der Waals surface area contributed by atoms with Crippen LogP contribution in [0, 0.1) is 0 Å². The summed E-state index contributed by atoms with van der Waals surface area (Å²) in [6.07, 6.45) is -4.51. The maximum Gasteiger partial charge on any atom is 0.433 e. The van der Waals surface area contributed by atoms with Gasteiger partial charge < -0.3 is 10.6 Å². The number of halogens is 3. The van der Waals surface area contributed by atoms with Gasteiger partial charge in [0.15, 0.2) is 5.69 Å². The number of hydrogen-bond donors (Lipinski definition) is 2. The van der Waals surface area contributed by atoms with E-state index in [1.165, 1.54) is 0 Å². The van der Waals surface area contributed by atoms with Crippen LogP contribution in [0.2, 0.25) is 0 Å². The molecule has 4 bridgehead atoms. The lowest BCUT2D eigenvalue weighted by Gasteiger charge is -2.47. The number of anilines is 2. The van der Waals surface area contributed by atoms with E-state index >= 15 is 0 Å². The quantitative estimate of drug-likeness (QED) is 0.675. The van der Waals surface area contributed by atoms with Crippen LogP contribution in [0.15, 0.2) is 6.07 Å². The summed E-state index contributed by atoms with van der Waals surface area (Å²) in [4.78, 5) is 17.7. The minimum absolute atomic E-state index is 0.0409. The van der Waals surface area contributed by atoms with Crippen molar-refractivity contribution >= 4 is 11.8 Å². The average Bonchev–Trinajstić information content (AvgIpc) is 2.77. The van der Waals surface area contributed by atoms with Crippen molar-refractivity contribution in [3.63, 3.8) is 0 Å². The van der Waals surface area contributed by atoms with Gasteiger partial charge in [-0.2, -0.15) is 18.2 Å². The summed E-state index contributed by atoms with van der Waals surface area (Å²) < 4.78 is 40.2. The molecule has 11 heteroatoms. The molecule has 7 rings (SSSR count). The lowest BCUT2D eigenvalue weighted by molar-refractivity contribution is -0.141.